The number of rotatable bonds is 8. The van der Waals surface area contributed by atoms with Crippen molar-refractivity contribution in [3.05, 3.63) is 102 Å². The van der Waals surface area contributed by atoms with Crippen LogP contribution in [0.2, 0.25) is 0 Å². The van der Waals surface area contributed by atoms with Gasteiger partial charge in [-0.1, -0.05) is 55.8 Å². The maximum absolute atomic E-state index is 5.72. The summed E-state index contributed by atoms with van der Waals surface area (Å²) >= 11 is 0. The van der Waals surface area contributed by atoms with Crippen LogP contribution >= 0.6 is 0 Å². The number of amidine groups is 1. The van der Waals surface area contributed by atoms with Gasteiger partial charge in [0.05, 0.1) is 24.0 Å². The van der Waals surface area contributed by atoms with E-state index in [1.807, 2.05) is 91.0 Å². The van der Waals surface area contributed by atoms with E-state index in [2.05, 4.69) is 17.5 Å². The minimum atomic E-state index is 0.581. The largest absolute Gasteiger partial charge is 0.494 e. The van der Waals surface area contributed by atoms with E-state index in [1.165, 1.54) is 0 Å². The summed E-state index contributed by atoms with van der Waals surface area (Å²) in [5.41, 5.74) is 6.51. The number of aliphatic imine (C=N–C) groups is 1. The molecule has 3 aromatic carbocycles. The van der Waals surface area contributed by atoms with E-state index < -0.39 is 0 Å². The summed E-state index contributed by atoms with van der Waals surface area (Å²) in [7, 11) is 0. The van der Waals surface area contributed by atoms with E-state index in [0.29, 0.717) is 5.84 Å². The quantitative estimate of drug-likeness (QED) is 0.161. The van der Waals surface area contributed by atoms with Crippen LogP contribution in [0.25, 0.3) is 10.9 Å². The Morgan fingerprint density at radius 1 is 0.906 bits per heavy atom. The highest BCUT2D eigenvalue weighted by Crippen LogP contribution is 2.16. The van der Waals surface area contributed by atoms with E-state index in [-0.39, 0.29) is 0 Å². The molecule has 32 heavy (non-hydrogen) atoms. The predicted molar refractivity (Wildman–Crippen MR) is 132 cm³/mol. The second kappa shape index (κ2) is 10.9. The molecular formula is C27H26N4O. The van der Waals surface area contributed by atoms with Crippen LogP contribution in [0, 0.1) is 0 Å². The lowest BCUT2D eigenvalue weighted by Gasteiger charge is -2.07. The minimum Gasteiger partial charge on any atom is -0.494 e. The Balaban J connectivity index is 1.53. The summed E-state index contributed by atoms with van der Waals surface area (Å²) in [6, 6.07) is 29.7. The molecule has 0 aliphatic carbocycles. The van der Waals surface area contributed by atoms with Crippen LogP contribution < -0.4 is 10.2 Å². The number of hydrogen-bond acceptors (Lipinski definition) is 4. The van der Waals surface area contributed by atoms with Gasteiger partial charge in [0, 0.05) is 5.39 Å². The molecule has 160 valence electrons. The molecule has 5 heteroatoms. The first-order chi connectivity index (χ1) is 15.8. The first-order valence-corrected chi connectivity index (χ1v) is 10.8. The molecule has 1 N–H and O–H groups in total. The SMILES string of the molecule is CCCCOc1ccc(/C=N\NC(=Nc2ccccc2)c2ccc3ccccc3n2)cc1. The Morgan fingerprint density at radius 3 is 2.50 bits per heavy atom. The highest BCUT2D eigenvalue weighted by molar-refractivity contribution is 6.00. The number of fused-ring (bicyclic) bond motifs is 1. The normalized spacial score (nSPS) is 11.7. The van der Waals surface area contributed by atoms with Crippen molar-refractivity contribution in [1.29, 1.82) is 0 Å². The van der Waals surface area contributed by atoms with Crippen molar-refractivity contribution >= 4 is 28.6 Å². The Bertz CT molecular complexity index is 1200. The number of pyridine rings is 1. The molecule has 0 aliphatic heterocycles. The lowest BCUT2D eigenvalue weighted by molar-refractivity contribution is 0.309. The minimum absolute atomic E-state index is 0.581. The standard InChI is InChI=1S/C27H26N4O/c1-2-3-19-32-24-16-13-21(14-17-24)20-28-31-27(29-23-10-5-4-6-11-23)26-18-15-22-9-7-8-12-25(22)30-26/h4-18,20H,2-3,19H2,1H3,(H,29,31)/b28-20-. The number of hydrogen-bond donors (Lipinski definition) is 1. The lowest BCUT2D eigenvalue weighted by atomic mass is 10.2. The van der Waals surface area contributed by atoms with Crippen molar-refractivity contribution < 1.29 is 4.74 Å². The number of unbranched alkanes of at least 4 members (excludes halogenated alkanes) is 1. The predicted octanol–water partition coefficient (Wildman–Crippen LogP) is 6.12. The molecule has 0 saturated heterocycles. The summed E-state index contributed by atoms with van der Waals surface area (Å²) in [5.74, 6) is 1.45. The topological polar surface area (TPSA) is 58.9 Å². The summed E-state index contributed by atoms with van der Waals surface area (Å²) in [6.45, 7) is 2.89. The Labute approximate surface area is 188 Å². The first-order valence-electron chi connectivity index (χ1n) is 10.8. The molecule has 1 aromatic heterocycles. The van der Waals surface area contributed by atoms with E-state index in [1.54, 1.807) is 6.21 Å². The molecule has 4 rings (SSSR count). The van der Waals surface area contributed by atoms with Crippen LogP contribution in [0.5, 0.6) is 5.75 Å². The number of aromatic nitrogens is 1. The molecule has 0 atom stereocenters. The van der Waals surface area contributed by atoms with Crippen molar-refractivity contribution in [3.8, 4) is 5.75 Å². The fourth-order valence-corrected chi connectivity index (χ4v) is 3.12. The van der Waals surface area contributed by atoms with Crippen molar-refractivity contribution in [1.82, 2.24) is 10.4 Å². The van der Waals surface area contributed by atoms with Crippen LogP contribution in [-0.2, 0) is 0 Å². The van der Waals surface area contributed by atoms with Gasteiger partial charge in [-0.2, -0.15) is 5.10 Å². The molecule has 0 fully saturated rings. The van der Waals surface area contributed by atoms with Gasteiger partial charge in [0.25, 0.3) is 0 Å². The Morgan fingerprint density at radius 2 is 1.69 bits per heavy atom. The second-order valence-corrected chi connectivity index (χ2v) is 7.33. The van der Waals surface area contributed by atoms with Crippen LogP contribution in [0.3, 0.4) is 0 Å². The van der Waals surface area contributed by atoms with Gasteiger partial charge in [0.15, 0.2) is 5.84 Å². The second-order valence-electron chi connectivity index (χ2n) is 7.33. The van der Waals surface area contributed by atoms with Crippen LogP contribution in [0.1, 0.15) is 31.0 Å². The molecule has 0 bridgehead atoms. The van der Waals surface area contributed by atoms with Gasteiger partial charge < -0.3 is 4.74 Å². The van der Waals surface area contributed by atoms with Crippen molar-refractivity contribution in [2.75, 3.05) is 6.61 Å². The molecule has 0 unspecified atom stereocenters. The van der Waals surface area contributed by atoms with Crippen molar-refractivity contribution in [3.63, 3.8) is 0 Å². The van der Waals surface area contributed by atoms with Gasteiger partial charge >= 0.3 is 0 Å². The number of nitrogens with zero attached hydrogens (tertiary/aromatic N) is 3. The average Bonchev–Trinajstić information content (AvgIpc) is 2.85. The van der Waals surface area contributed by atoms with Crippen LogP contribution in [0.4, 0.5) is 5.69 Å². The number of benzene rings is 3. The van der Waals surface area contributed by atoms with Crippen molar-refractivity contribution in [2.45, 2.75) is 19.8 Å². The highest BCUT2D eigenvalue weighted by Gasteiger charge is 2.06. The maximum Gasteiger partial charge on any atom is 0.173 e. The smallest absolute Gasteiger partial charge is 0.173 e. The first kappa shape index (κ1) is 21.2. The maximum atomic E-state index is 5.72. The average molecular weight is 423 g/mol. The van der Waals surface area contributed by atoms with Gasteiger partial charge in [-0.15, -0.1) is 0 Å². The highest BCUT2D eigenvalue weighted by atomic mass is 16.5. The molecule has 4 aromatic rings. The Hall–Kier alpha value is -3.99. The summed E-state index contributed by atoms with van der Waals surface area (Å²) in [5, 5.41) is 5.50. The fraction of sp³-hybridized carbons (Fsp3) is 0.148. The van der Waals surface area contributed by atoms with E-state index in [0.717, 1.165) is 53.0 Å². The molecular weight excluding hydrogens is 396 g/mol. The molecule has 0 saturated carbocycles. The van der Waals surface area contributed by atoms with E-state index in [4.69, 9.17) is 14.7 Å². The number of nitrogens with one attached hydrogen (secondary N) is 1. The van der Waals surface area contributed by atoms with E-state index in [9.17, 15) is 0 Å². The van der Waals surface area contributed by atoms with E-state index >= 15 is 0 Å². The molecule has 0 aliphatic rings. The zero-order chi connectivity index (χ0) is 22.0. The molecule has 0 amide bonds. The van der Waals surface area contributed by atoms with Crippen LogP contribution in [-0.4, -0.2) is 23.6 Å². The van der Waals surface area contributed by atoms with Crippen molar-refractivity contribution in [2.24, 2.45) is 10.1 Å². The molecule has 0 radical (unpaired) electrons. The summed E-state index contributed by atoms with van der Waals surface area (Å²) < 4.78 is 5.72. The van der Waals surface area contributed by atoms with Gasteiger partial charge in [-0.3, -0.25) is 5.43 Å². The fourth-order valence-electron chi connectivity index (χ4n) is 3.12. The monoisotopic (exact) mass is 422 g/mol. The lowest BCUT2D eigenvalue weighted by Crippen LogP contribution is -2.20. The Kier molecular flexibility index (Phi) is 7.21. The third kappa shape index (κ3) is 5.79. The molecule has 1 heterocycles. The van der Waals surface area contributed by atoms with Gasteiger partial charge in [-0.05, 0) is 60.5 Å². The molecule has 5 nitrogen and oxygen atoms in total. The zero-order valence-electron chi connectivity index (χ0n) is 18.1. The number of ether oxygens (including phenoxy) is 1. The van der Waals surface area contributed by atoms with Crippen LogP contribution in [0.15, 0.2) is 101 Å². The van der Waals surface area contributed by atoms with Gasteiger partial charge in [-0.25, -0.2) is 9.98 Å². The third-order valence-corrected chi connectivity index (χ3v) is 4.87. The zero-order valence-corrected chi connectivity index (χ0v) is 18.1. The summed E-state index contributed by atoms with van der Waals surface area (Å²) in [4.78, 5) is 9.49. The molecule has 0 spiro atoms. The third-order valence-electron chi connectivity index (χ3n) is 4.87. The summed E-state index contributed by atoms with van der Waals surface area (Å²) in [6.07, 6.45) is 3.94. The number of hydrazone groups is 1. The van der Waals surface area contributed by atoms with Gasteiger partial charge in [0.1, 0.15) is 11.4 Å². The number of para-hydroxylation sites is 2. The van der Waals surface area contributed by atoms with Gasteiger partial charge in [0.2, 0.25) is 0 Å².